The van der Waals surface area contributed by atoms with Gasteiger partial charge in [-0.15, -0.1) is 0 Å². The first-order chi connectivity index (χ1) is 7.56. The molecule has 0 heterocycles. The summed E-state index contributed by atoms with van der Waals surface area (Å²) in [6.45, 7) is 5.86. The maximum absolute atomic E-state index is 11.3. The molecule has 0 aliphatic rings. The summed E-state index contributed by atoms with van der Waals surface area (Å²) in [4.78, 5) is 11.9. The Balaban J connectivity index is 0.00000106. The molecule has 1 unspecified atom stereocenters. The molecule has 0 fully saturated rings. The topological polar surface area (TPSA) is 43.4 Å². The summed E-state index contributed by atoms with van der Waals surface area (Å²) in [5, 5.41) is 0. The predicted octanol–water partition coefficient (Wildman–Crippen LogP) is 2.55. The van der Waals surface area contributed by atoms with E-state index in [0.29, 0.717) is 10.5 Å². The van der Waals surface area contributed by atoms with Crippen molar-refractivity contribution >= 4 is 16.8 Å². The molecule has 0 saturated heterocycles. The van der Waals surface area contributed by atoms with Gasteiger partial charge in [0.1, 0.15) is 0 Å². The Labute approximate surface area is 99.3 Å². The SMILES string of the molecule is CC.COC(=O)c1ccc(C)c(S(C)=O)c1. The predicted molar refractivity (Wildman–Crippen MR) is 66.2 cm³/mol. The number of hydrogen-bond donors (Lipinski definition) is 0. The number of hydrogen-bond acceptors (Lipinski definition) is 3. The minimum Gasteiger partial charge on any atom is -0.465 e. The van der Waals surface area contributed by atoms with E-state index in [9.17, 15) is 9.00 Å². The van der Waals surface area contributed by atoms with Crippen LogP contribution in [0, 0.1) is 6.92 Å². The maximum atomic E-state index is 11.3. The first kappa shape index (κ1) is 14.8. The van der Waals surface area contributed by atoms with E-state index < -0.39 is 16.8 Å². The van der Waals surface area contributed by atoms with E-state index in [1.54, 1.807) is 24.5 Å². The van der Waals surface area contributed by atoms with Gasteiger partial charge in [0.05, 0.1) is 23.5 Å². The smallest absolute Gasteiger partial charge is 0.337 e. The number of methoxy groups -OCH3 is 1. The highest BCUT2D eigenvalue weighted by Crippen LogP contribution is 2.14. The van der Waals surface area contributed by atoms with Gasteiger partial charge in [0.15, 0.2) is 0 Å². The highest BCUT2D eigenvalue weighted by atomic mass is 32.2. The van der Waals surface area contributed by atoms with Crippen LogP contribution in [0.2, 0.25) is 0 Å². The van der Waals surface area contributed by atoms with Crippen molar-refractivity contribution in [2.45, 2.75) is 25.7 Å². The van der Waals surface area contributed by atoms with Gasteiger partial charge in [0, 0.05) is 11.2 Å². The van der Waals surface area contributed by atoms with Crippen molar-refractivity contribution in [1.82, 2.24) is 0 Å². The number of rotatable bonds is 2. The Kier molecular flexibility index (Phi) is 6.65. The molecular weight excluding hydrogens is 224 g/mol. The molecular formula is C12H18O3S. The molecule has 0 aliphatic carbocycles. The van der Waals surface area contributed by atoms with E-state index in [2.05, 4.69) is 4.74 Å². The molecule has 0 aliphatic heterocycles. The largest absolute Gasteiger partial charge is 0.465 e. The van der Waals surface area contributed by atoms with Crippen LogP contribution >= 0.6 is 0 Å². The summed E-state index contributed by atoms with van der Waals surface area (Å²) in [5.74, 6) is -0.406. The minimum atomic E-state index is -1.08. The van der Waals surface area contributed by atoms with Gasteiger partial charge in [-0.1, -0.05) is 19.9 Å². The van der Waals surface area contributed by atoms with Gasteiger partial charge in [0.25, 0.3) is 0 Å². The van der Waals surface area contributed by atoms with Gasteiger partial charge >= 0.3 is 5.97 Å². The lowest BCUT2D eigenvalue weighted by Crippen LogP contribution is -2.03. The maximum Gasteiger partial charge on any atom is 0.337 e. The number of benzene rings is 1. The van der Waals surface area contributed by atoms with Crippen molar-refractivity contribution in [1.29, 1.82) is 0 Å². The Morgan fingerprint density at radius 3 is 2.31 bits per heavy atom. The molecule has 1 aromatic carbocycles. The van der Waals surface area contributed by atoms with E-state index in [4.69, 9.17) is 0 Å². The summed E-state index contributed by atoms with van der Waals surface area (Å²) in [7, 11) is 0.247. The van der Waals surface area contributed by atoms with Crippen LogP contribution in [-0.4, -0.2) is 23.5 Å². The lowest BCUT2D eigenvalue weighted by molar-refractivity contribution is 0.0600. The molecule has 16 heavy (non-hydrogen) atoms. The molecule has 3 nitrogen and oxygen atoms in total. The average molecular weight is 242 g/mol. The average Bonchev–Trinajstić information content (AvgIpc) is 2.31. The zero-order valence-electron chi connectivity index (χ0n) is 10.4. The molecule has 1 rings (SSSR count). The van der Waals surface area contributed by atoms with Crippen LogP contribution in [-0.2, 0) is 15.5 Å². The molecule has 0 saturated carbocycles. The quantitative estimate of drug-likeness (QED) is 0.748. The molecule has 1 atom stereocenters. The van der Waals surface area contributed by atoms with E-state index in [-0.39, 0.29) is 0 Å². The number of ether oxygens (including phenoxy) is 1. The number of aryl methyl sites for hydroxylation is 1. The van der Waals surface area contributed by atoms with Crippen LogP contribution < -0.4 is 0 Å². The monoisotopic (exact) mass is 242 g/mol. The van der Waals surface area contributed by atoms with Crippen molar-refractivity contribution in [2.24, 2.45) is 0 Å². The van der Waals surface area contributed by atoms with Crippen LogP contribution in [0.25, 0.3) is 0 Å². The standard InChI is InChI=1S/C10H12O3S.C2H6/c1-7-4-5-8(10(11)13-2)6-9(7)14(3)12;1-2/h4-6H,1-3H3;1-2H3. The minimum absolute atomic E-state index is 0.406. The second-order valence-corrected chi connectivity index (χ2v) is 4.27. The van der Waals surface area contributed by atoms with Crippen molar-refractivity contribution in [3.63, 3.8) is 0 Å². The summed E-state index contributed by atoms with van der Waals surface area (Å²) >= 11 is 0. The lowest BCUT2D eigenvalue weighted by Gasteiger charge is -2.04. The Morgan fingerprint density at radius 2 is 1.88 bits per heavy atom. The van der Waals surface area contributed by atoms with Crippen molar-refractivity contribution in [3.05, 3.63) is 29.3 Å². The van der Waals surface area contributed by atoms with E-state index in [0.717, 1.165) is 5.56 Å². The van der Waals surface area contributed by atoms with Gasteiger partial charge in [-0.3, -0.25) is 4.21 Å². The van der Waals surface area contributed by atoms with Crippen LogP contribution in [0.1, 0.15) is 29.8 Å². The molecule has 0 radical (unpaired) electrons. The van der Waals surface area contributed by atoms with Gasteiger partial charge < -0.3 is 4.74 Å². The van der Waals surface area contributed by atoms with Gasteiger partial charge in [-0.05, 0) is 24.6 Å². The second kappa shape index (κ2) is 7.17. The van der Waals surface area contributed by atoms with Gasteiger partial charge in [-0.25, -0.2) is 4.79 Å². The van der Waals surface area contributed by atoms with Gasteiger partial charge in [0.2, 0.25) is 0 Å². The first-order valence-corrected chi connectivity index (χ1v) is 6.64. The second-order valence-electron chi connectivity index (χ2n) is 2.93. The summed E-state index contributed by atoms with van der Waals surface area (Å²) in [6, 6.07) is 5.04. The molecule has 0 amide bonds. The molecule has 0 N–H and O–H groups in total. The van der Waals surface area contributed by atoms with Crippen molar-refractivity contribution in [2.75, 3.05) is 13.4 Å². The van der Waals surface area contributed by atoms with E-state index in [1.807, 2.05) is 20.8 Å². The third-order valence-electron chi connectivity index (χ3n) is 1.92. The molecule has 0 spiro atoms. The van der Waals surface area contributed by atoms with Gasteiger partial charge in [-0.2, -0.15) is 0 Å². The van der Waals surface area contributed by atoms with Crippen LogP contribution in [0.4, 0.5) is 0 Å². The Bertz CT molecular complexity index is 386. The van der Waals surface area contributed by atoms with Crippen molar-refractivity contribution < 1.29 is 13.7 Å². The highest BCUT2D eigenvalue weighted by Gasteiger charge is 2.09. The van der Waals surface area contributed by atoms with Crippen LogP contribution in [0.5, 0.6) is 0 Å². The van der Waals surface area contributed by atoms with E-state index >= 15 is 0 Å². The fraction of sp³-hybridized carbons (Fsp3) is 0.417. The lowest BCUT2D eigenvalue weighted by atomic mass is 10.1. The molecule has 90 valence electrons. The number of esters is 1. The zero-order valence-corrected chi connectivity index (χ0v) is 11.2. The third-order valence-corrected chi connectivity index (χ3v) is 2.98. The Morgan fingerprint density at radius 1 is 1.31 bits per heavy atom. The summed E-state index contributed by atoms with van der Waals surface area (Å²) < 4.78 is 15.9. The number of carbonyl (C=O) groups is 1. The normalized spacial score (nSPS) is 11.1. The molecule has 0 bridgehead atoms. The zero-order chi connectivity index (χ0) is 12.7. The fourth-order valence-electron chi connectivity index (χ4n) is 1.15. The molecule has 4 heteroatoms. The highest BCUT2D eigenvalue weighted by molar-refractivity contribution is 7.84. The summed E-state index contributed by atoms with van der Waals surface area (Å²) in [6.07, 6.45) is 1.59. The third kappa shape index (κ3) is 3.77. The fourth-order valence-corrected chi connectivity index (χ4v) is 1.97. The molecule has 1 aromatic rings. The van der Waals surface area contributed by atoms with Crippen molar-refractivity contribution in [3.8, 4) is 0 Å². The van der Waals surface area contributed by atoms with Crippen LogP contribution in [0.15, 0.2) is 23.1 Å². The number of carbonyl (C=O) groups excluding carboxylic acids is 1. The summed E-state index contributed by atoms with van der Waals surface area (Å²) in [5.41, 5.74) is 1.35. The van der Waals surface area contributed by atoms with Crippen LogP contribution in [0.3, 0.4) is 0 Å². The Hall–Kier alpha value is -1.16. The van der Waals surface area contributed by atoms with E-state index in [1.165, 1.54) is 7.11 Å². The first-order valence-electron chi connectivity index (χ1n) is 5.08. The molecule has 0 aromatic heterocycles.